The zero-order valence-electron chi connectivity index (χ0n) is 22.0. The zero-order chi connectivity index (χ0) is 25.6. The monoisotopic (exact) mass is 503 g/mol. The van der Waals surface area contributed by atoms with Gasteiger partial charge < -0.3 is 9.30 Å². The summed E-state index contributed by atoms with van der Waals surface area (Å²) in [7, 11) is 2.12. The number of carbonyl (C=O) groups is 1. The number of aliphatic imine (C=N–C) groups is 1. The molecule has 5 heteroatoms. The summed E-state index contributed by atoms with van der Waals surface area (Å²) < 4.78 is 7.90. The molecule has 1 fully saturated rings. The maximum Gasteiger partial charge on any atom is 0.163 e. The Morgan fingerprint density at radius 3 is 2.95 bits per heavy atom. The zero-order valence-corrected chi connectivity index (χ0v) is 22.0. The summed E-state index contributed by atoms with van der Waals surface area (Å²) in [6.45, 7) is 4.44. The number of piperidine rings is 1. The van der Waals surface area contributed by atoms with E-state index >= 15 is 0 Å². The van der Waals surface area contributed by atoms with Crippen LogP contribution in [0.5, 0.6) is 5.75 Å². The topological polar surface area (TPSA) is 46.8 Å². The van der Waals surface area contributed by atoms with Gasteiger partial charge in [0.15, 0.2) is 5.78 Å². The van der Waals surface area contributed by atoms with Crippen LogP contribution < -0.4 is 4.74 Å². The summed E-state index contributed by atoms with van der Waals surface area (Å²) in [6.07, 6.45) is 6.07. The fourth-order valence-corrected chi connectivity index (χ4v) is 6.57. The summed E-state index contributed by atoms with van der Waals surface area (Å²) in [5.41, 5.74) is 9.14. The number of ketones is 1. The van der Waals surface area contributed by atoms with E-state index in [1.807, 2.05) is 6.07 Å². The summed E-state index contributed by atoms with van der Waals surface area (Å²) in [4.78, 5) is 20.9. The van der Waals surface area contributed by atoms with Crippen LogP contribution in [0.25, 0.3) is 10.9 Å². The van der Waals surface area contributed by atoms with E-state index in [1.165, 1.54) is 27.6 Å². The Balaban J connectivity index is 1.05. The van der Waals surface area contributed by atoms with E-state index in [9.17, 15) is 4.79 Å². The van der Waals surface area contributed by atoms with Crippen LogP contribution >= 0.6 is 0 Å². The van der Waals surface area contributed by atoms with Gasteiger partial charge in [-0.25, -0.2) is 0 Å². The molecule has 4 aromatic rings. The van der Waals surface area contributed by atoms with Gasteiger partial charge in [0.1, 0.15) is 5.75 Å². The fourth-order valence-electron chi connectivity index (χ4n) is 6.57. The molecule has 7 rings (SSSR count). The highest BCUT2D eigenvalue weighted by Gasteiger charge is 2.26. The fraction of sp³-hybridized carbons (Fsp3) is 0.333. The van der Waals surface area contributed by atoms with Gasteiger partial charge in [-0.15, -0.1) is 0 Å². The highest BCUT2D eigenvalue weighted by Crippen LogP contribution is 2.31. The van der Waals surface area contributed by atoms with Gasteiger partial charge in [0, 0.05) is 66.8 Å². The van der Waals surface area contributed by atoms with Crippen LogP contribution in [0.2, 0.25) is 0 Å². The molecule has 0 spiro atoms. The van der Waals surface area contributed by atoms with Crippen molar-refractivity contribution >= 4 is 22.4 Å². The molecule has 1 aromatic heterocycles. The number of likely N-dealkylation sites (tertiary alicyclic amines) is 1. The number of aromatic nitrogens is 1. The Labute approximate surface area is 223 Å². The highest BCUT2D eigenvalue weighted by molar-refractivity contribution is 6.16. The van der Waals surface area contributed by atoms with Crippen molar-refractivity contribution in [2.24, 2.45) is 18.0 Å². The number of carbonyl (C=O) groups excluding carboxylic acids is 1. The second-order valence-corrected chi connectivity index (χ2v) is 11.1. The Bertz CT molecular complexity index is 1580. The lowest BCUT2D eigenvalue weighted by Crippen LogP contribution is -2.35. The molecule has 0 saturated carbocycles. The van der Waals surface area contributed by atoms with Crippen LogP contribution in [0.3, 0.4) is 0 Å². The second-order valence-electron chi connectivity index (χ2n) is 11.1. The number of fused-ring (bicyclic) bond motifs is 3. The van der Waals surface area contributed by atoms with Crippen LogP contribution in [-0.4, -0.2) is 40.7 Å². The van der Waals surface area contributed by atoms with Crippen molar-refractivity contribution < 1.29 is 9.53 Å². The summed E-state index contributed by atoms with van der Waals surface area (Å²) in [5, 5.41) is 1.33. The van der Waals surface area contributed by atoms with Gasteiger partial charge in [-0.05, 0) is 72.3 Å². The molecule has 1 atom stereocenters. The normalized spacial score (nSPS) is 18.8. The Morgan fingerprint density at radius 1 is 1.08 bits per heavy atom. The van der Waals surface area contributed by atoms with Crippen molar-refractivity contribution in [2.75, 3.05) is 19.7 Å². The van der Waals surface area contributed by atoms with E-state index in [2.05, 4.69) is 77.3 Å². The predicted octanol–water partition coefficient (Wildman–Crippen LogP) is 5.95. The number of nitrogens with zero attached hydrogens (tertiary/aromatic N) is 3. The van der Waals surface area contributed by atoms with E-state index in [1.54, 1.807) is 0 Å². The lowest BCUT2D eigenvalue weighted by molar-refractivity contribution is 0.0913. The molecule has 5 nitrogen and oxygen atoms in total. The number of hydrogen-bond donors (Lipinski definition) is 0. The lowest BCUT2D eigenvalue weighted by atomic mass is 9.89. The summed E-state index contributed by atoms with van der Waals surface area (Å²) in [6, 6.07) is 21.2. The van der Waals surface area contributed by atoms with E-state index in [4.69, 9.17) is 9.73 Å². The van der Waals surface area contributed by atoms with Gasteiger partial charge in [-0.3, -0.25) is 14.7 Å². The van der Waals surface area contributed by atoms with E-state index in [-0.39, 0.29) is 5.78 Å². The van der Waals surface area contributed by atoms with E-state index in [0.29, 0.717) is 18.9 Å². The second kappa shape index (κ2) is 9.55. The van der Waals surface area contributed by atoms with E-state index in [0.717, 1.165) is 73.7 Å². The van der Waals surface area contributed by atoms with Gasteiger partial charge in [0.2, 0.25) is 0 Å². The van der Waals surface area contributed by atoms with Crippen molar-refractivity contribution in [3.63, 3.8) is 0 Å². The third-order valence-electron chi connectivity index (χ3n) is 8.51. The predicted molar refractivity (Wildman–Crippen MR) is 151 cm³/mol. The molecule has 0 N–H and O–H groups in total. The lowest BCUT2D eigenvalue weighted by Gasteiger charge is -2.32. The Hall–Kier alpha value is -3.70. The molecule has 0 aliphatic carbocycles. The molecule has 3 aliphatic rings. The smallest absolute Gasteiger partial charge is 0.163 e. The molecule has 0 bridgehead atoms. The van der Waals surface area contributed by atoms with Crippen molar-refractivity contribution in [3.05, 3.63) is 100 Å². The minimum Gasteiger partial charge on any atom is -0.493 e. The Morgan fingerprint density at radius 2 is 2.00 bits per heavy atom. The molecule has 192 valence electrons. The first-order valence-corrected chi connectivity index (χ1v) is 13.8. The van der Waals surface area contributed by atoms with Gasteiger partial charge in [0.05, 0.1) is 18.9 Å². The third-order valence-corrected chi connectivity index (χ3v) is 8.51. The first kappa shape index (κ1) is 23.4. The van der Waals surface area contributed by atoms with E-state index < -0.39 is 0 Å². The highest BCUT2D eigenvalue weighted by atomic mass is 16.5. The number of aryl methyl sites for hydroxylation is 1. The number of benzene rings is 3. The summed E-state index contributed by atoms with van der Waals surface area (Å²) in [5.74, 6) is 1.63. The Kier molecular flexibility index (Phi) is 5.89. The first-order valence-electron chi connectivity index (χ1n) is 13.8. The minimum atomic E-state index is 0.249. The van der Waals surface area contributed by atoms with Gasteiger partial charge in [-0.2, -0.15) is 0 Å². The van der Waals surface area contributed by atoms with Crippen LogP contribution in [0.4, 0.5) is 0 Å². The first-order chi connectivity index (χ1) is 18.6. The molecule has 3 aromatic carbocycles. The maximum atomic E-state index is 13.5. The molecule has 4 heterocycles. The van der Waals surface area contributed by atoms with Crippen LogP contribution in [0, 0.1) is 5.92 Å². The number of hydrogen-bond acceptors (Lipinski definition) is 4. The third kappa shape index (κ3) is 4.25. The van der Waals surface area contributed by atoms with Crippen LogP contribution in [0.15, 0.2) is 71.9 Å². The quantitative estimate of drug-likeness (QED) is 0.306. The van der Waals surface area contributed by atoms with Gasteiger partial charge in [-0.1, -0.05) is 30.3 Å². The number of rotatable bonds is 6. The SMILES string of the molecule is Cn1cc(CN2CCC[C@@H](CC(=O)c3ccc4c(c3)C(c3ccc5c(c3)CCO5)=NC4)C2)c2ccccc21. The largest absolute Gasteiger partial charge is 0.493 e. The average Bonchev–Trinajstić information content (AvgIpc) is 3.66. The molecule has 38 heavy (non-hydrogen) atoms. The van der Waals surface area contributed by atoms with Gasteiger partial charge >= 0.3 is 0 Å². The minimum absolute atomic E-state index is 0.249. The number of Topliss-reactive ketones (excluding diaryl/α,β-unsaturated/α-hetero) is 1. The van der Waals surface area contributed by atoms with Gasteiger partial charge in [0.25, 0.3) is 0 Å². The summed E-state index contributed by atoms with van der Waals surface area (Å²) >= 11 is 0. The number of ether oxygens (including phenoxy) is 1. The molecule has 3 aliphatic heterocycles. The maximum absolute atomic E-state index is 13.5. The van der Waals surface area contributed by atoms with Crippen LogP contribution in [0.1, 0.15) is 57.4 Å². The molecule has 1 saturated heterocycles. The standard InChI is InChI=1S/C33H33N3O2/c1-35-20-27(28-6-2-3-7-30(28)35)21-36-13-4-5-22(19-36)15-31(37)23-8-9-26-18-34-33(29(26)17-23)25-10-11-32-24(16-25)12-14-38-32/h2-3,6-11,16-17,20,22H,4-5,12-15,18-19,21H2,1H3/t22-/m0/s1. The molecule has 0 radical (unpaired) electrons. The van der Waals surface area contributed by atoms with Crippen LogP contribution in [-0.2, 0) is 26.6 Å². The van der Waals surface area contributed by atoms with Crippen molar-refractivity contribution in [1.29, 1.82) is 0 Å². The van der Waals surface area contributed by atoms with Crippen molar-refractivity contribution in [1.82, 2.24) is 9.47 Å². The number of para-hydroxylation sites is 1. The van der Waals surface area contributed by atoms with Crippen molar-refractivity contribution in [3.8, 4) is 5.75 Å². The molecular weight excluding hydrogens is 470 g/mol. The molecule has 0 amide bonds. The van der Waals surface area contributed by atoms with Crippen molar-refractivity contribution in [2.45, 2.75) is 38.8 Å². The molecular formula is C33H33N3O2. The average molecular weight is 504 g/mol. The molecule has 0 unspecified atom stereocenters.